The van der Waals surface area contributed by atoms with E-state index in [4.69, 9.17) is 4.74 Å². The first-order valence-corrected chi connectivity index (χ1v) is 6.31. The van der Waals surface area contributed by atoms with Crippen LogP contribution in [0, 0.1) is 0 Å². The Morgan fingerprint density at radius 2 is 2.33 bits per heavy atom. The van der Waals surface area contributed by atoms with Gasteiger partial charge in [-0.3, -0.25) is 4.79 Å². The van der Waals surface area contributed by atoms with Gasteiger partial charge in [-0.25, -0.2) is 4.98 Å². The third-order valence-corrected chi connectivity index (χ3v) is 3.04. The number of nitrogens with one attached hydrogen (secondary N) is 2. The molecule has 1 saturated heterocycles. The Labute approximate surface area is 107 Å². The van der Waals surface area contributed by atoms with Crippen molar-refractivity contribution < 1.29 is 9.53 Å². The average molecular weight is 252 g/mol. The molecule has 0 atom stereocenters. The fourth-order valence-electron chi connectivity index (χ4n) is 2.08. The normalized spacial score (nSPS) is 16.7. The van der Waals surface area contributed by atoms with Crippen molar-refractivity contribution in [2.75, 3.05) is 20.3 Å². The van der Waals surface area contributed by atoms with Gasteiger partial charge in [0.25, 0.3) is 0 Å². The van der Waals surface area contributed by atoms with Gasteiger partial charge in [0.15, 0.2) is 0 Å². The molecule has 6 heteroatoms. The summed E-state index contributed by atoms with van der Waals surface area (Å²) in [6.07, 6.45) is 5.35. The molecule has 6 nitrogen and oxygen atoms in total. The maximum Gasteiger partial charge on any atom is 0.240 e. The number of hydrogen-bond donors (Lipinski definition) is 2. The van der Waals surface area contributed by atoms with Crippen LogP contribution in [0.4, 0.5) is 0 Å². The van der Waals surface area contributed by atoms with E-state index in [0.29, 0.717) is 13.1 Å². The maximum absolute atomic E-state index is 11.9. The van der Waals surface area contributed by atoms with Gasteiger partial charge in [0.05, 0.1) is 6.54 Å². The standard InChI is InChI=1S/C12H20N4O2/c1-13-8-11-14-4-5-16(11)9-12(17)15-10-2-6-18-7-3-10/h4-5,10,13H,2-3,6-9H2,1H3,(H,15,17). The van der Waals surface area contributed by atoms with Crippen LogP contribution >= 0.6 is 0 Å². The number of nitrogens with zero attached hydrogens (tertiary/aromatic N) is 2. The van der Waals surface area contributed by atoms with Crippen LogP contribution in [-0.2, 0) is 22.6 Å². The highest BCUT2D eigenvalue weighted by Crippen LogP contribution is 2.06. The molecule has 1 fully saturated rings. The molecule has 0 aromatic carbocycles. The van der Waals surface area contributed by atoms with Crippen LogP contribution in [0.2, 0.25) is 0 Å². The topological polar surface area (TPSA) is 68.2 Å². The summed E-state index contributed by atoms with van der Waals surface area (Å²) in [5, 5.41) is 6.07. The third kappa shape index (κ3) is 3.54. The summed E-state index contributed by atoms with van der Waals surface area (Å²) in [5.41, 5.74) is 0. The van der Waals surface area contributed by atoms with E-state index < -0.39 is 0 Å². The van der Waals surface area contributed by atoms with Gasteiger partial charge in [-0.15, -0.1) is 0 Å². The van der Waals surface area contributed by atoms with Crippen LogP contribution in [0.15, 0.2) is 12.4 Å². The van der Waals surface area contributed by atoms with Crippen LogP contribution in [-0.4, -0.2) is 41.8 Å². The SMILES string of the molecule is CNCc1nccn1CC(=O)NC1CCOCC1. The zero-order chi connectivity index (χ0) is 12.8. The predicted molar refractivity (Wildman–Crippen MR) is 67.0 cm³/mol. The lowest BCUT2D eigenvalue weighted by molar-refractivity contribution is -0.123. The van der Waals surface area contributed by atoms with Gasteiger partial charge in [0.2, 0.25) is 5.91 Å². The van der Waals surface area contributed by atoms with Gasteiger partial charge in [-0.05, 0) is 19.9 Å². The van der Waals surface area contributed by atoms with Crippen molar-refractivity contribution in [3.63, 3.8) is 0 Å². The van der Waals surface area contributed by atoms with Crippen molar-refractivity contribution in [3.8, 4) is 0 Å². The largest absolute Gasteiger partial charge is 0.381 e. The Hall–Kier alpha value is -1.40. The monoisotopic (exact) mass is 252 g/mol. The summed E-state index contributed by atoms with van der Waals surface area (Å²) >= 11 is 0. The summed E-state index contributed by atoms with van der Waals surface area (Å²) in [6.45, 7) is 2.47. The highest BCUT2D eigenvalue weighted by atomic mass is 16.5. The number of carbonyl (C=O) groups is 1. The first-order chi connectivity index (χ1) is 8.79. The fourth-order valence-corrected chi connectivity index (χ4v) is 2.08. The molecule has 0 aliphatic carbocycles. The number of carbonyl (C=O) groups excluding carboxylic acids is 1. The second kappa shape index (κ2) is 6.51. The van der Waals surface area contributed by atoms with Crippen molar-refractivity contribution in [2.45, 2.75) is 32.0 Å². The summed E-state index contributed by atoms with van der Waals surface area (Å²) in [4.78, 5) is 16.1. The zero-order valence-electron chi connectivity index (χ0n) is 10.7. The number of ether oxygens (including phenoxy) is 1. The second-order valence-electron chi connectivity index (χ2n) is 4.46. The lowest BCUT2D eigenvalue weighted by atomic mass is 10.1. The molecule has 1 aromatic rings. The lowest BCUT2D eigenvalue weighted by Gasteiger charge is -2.23. The summed E-state index contributed by atoms with van der Waals surface area (Å²) < 4.78 is 7.13. The molecule has 18 heavy (non-hydrogen) atoms. The van der Waals surface area contributed by atoms with E-state index in [2.05, 4.69) is 15.6 Å². The minimum Gasteiger partial charge on any atom is -0.381 e. The molecule has 1 aliphatic heterocycles. The summed E-state index contributed by atoms with van der Waals surface area (Å²) in [6, 6.07) is 0.252. The van der Waals surface area contributed by atoms with Crippen LogP contribution in [0.25, 0.3) is 0 Å². The molecular weight excluding hydrogens is 232 g/mol. The molecule has 0 spiro atoms. The highest BCUT2D eigenvalue weighted by Gasteiger charge is 2.16. The van der Waals surface area contributed by atoms with Gasteiger partial charge in [0.1, 0.15) is 12.4 Å². The zero-order valence-corrected chi connectivity index (χ0v) is 10.7. The van der Waals surface area contributed by atoms with E-state index in [0.717, 1.165) is 31.9 Å². The lowest BCUT2D eigenvalue weighted by Crippen LogP contribution is -2.40. The van der Waals surface area contributed by atoms with Crippen molar-refractivity contribution in [1.29, 1.82) is 0 Å². The summed E-state index contributed by atoms with van der Waals surface area (Å²) in [7, 11) is 1.86. The van der Waals surface area contributed by atoms with E-state index in [1.807, 2.05) is 17.8 Å². The molecule has 1 aliphatic rings. The van der Waals surface area contributed by atoms with Crippen LogP contribution in [0.5, 0.6) is 0 Å². The van der Waals surface area contributed by atoms with E-state index in [9.17, 15) is 4.79 Å². The van der Waals surface area contributed by atoms with E-state index in [1.165, 1.54) is 0 Å². The van der Waals surface area contributed by atoms with Crippen molar-refractivity contribution >= 4 is 5.91 Å². The maximum atomic E-state index is 11.9. The molecule has 2 heterocycles. The predicted octanol–water partition coefficient (Wildman–Crippen LogP) is -0.102. The molecule has 0 saturated carbocycles. The van der Waals surface area contributed by atoms with E-state index >= 15 is 0 Å². The molecule has 100 valence electrons. The van der Waals surface area contributed by atoms with E-state index in [1.54, 1.807) is 6.20 Å². The van der Waals surface area contributed by atoms with Crippen LogP contribution in [0.3, 0.4) is 0 Å². The minimum atomic E-state index is 0.0391. The number of amides is 1. The van der Waals surface area contributed by atoms with Gasteiger partial charge >= 0.3 is 0 Å². The van der Waals surface area contributed by atoms with Gasteiger partial charge in [-0.2, -0.15) is 0 Å². The molecule has 2 N–H and O–H groups in total. The average Bonchev–Trinajstić information content (AvgIpc) is 2.78. The van der Waals surface area contributed by atoms with Gasteiger partial charge < -0.3 is 19.9 Å². The quantitative estimate of drug-likeness (QED) is 0.768. The Morgan fingerprint density at radius 1 is 1.56 bits per heavy atom. The Balaban J connectivity index is 1.84. The first kappa shape index (κ1) is 13.0. The number of aromatic nitrogens is 2. The Morgan fingerprint density at radius 3 is 3.06 bits per heavy atom. The van der Waals surface area contributed by atoms with Gasteiger partial charge in [-0.1, -0.05) is 0 Å². The minimum absolute atomic E-state index is 0.0391. The first-order valence-electron chi connectivity index (χ1n) is 6.31. The highest BCUT2D eigenvalue weighted by molar-refractivity contribution is 5.76. The van der Waals surface area contributed by atoms with Crippen molar-refractivity contribution in [1.82, 2.24) is 20.2 Å². The van der Waals surface area contributed by atoms with Gasteiger partial charge in [0, 0.05) is 31.6 Å². The molecule has 1 aromatic heterocycles. The molecule has 0 radical (unpaired) electrons. The third-order valence-electron chi connectivity index (χ3n) is 3.04. The Bertz CT molecular complexity index is 385. The summed E-state index contributed by atoms with van der Waals surface area (Å²) in [5.74, 6) is 0.914. The molecule has 0 unspecified atom stereocenters. The van der Waals surface area contributed by atoms with Crippen molar-refractivity contribution in [2.24, 2.45) is 0 Å². The van der Waals surface area contributed by atoms with Crippen molar-refractivity contribution in [3.05, 3.63) is 18.2 Å². The molecule has 1 amide bonds. The van der Waals surface area contributed by atoms with Crippen LogP contribution < -0.4 is 10.6 Å². The molecule has 0 bridgehead atoms. The van der Waals surface area contributed by atoms with E-state index in [-0.39, 0.29) is 11.9 Å². The fraction of sp³-hybridized carbons (Fsp3) is 0.667. The number of imidazole rings is 1. The molecule has 2 rings (SSSR count). The Kier molecular flexibility index (Phi) is 4.72. The number of hydrogen-bond acceptors (Lipinski definition) is 4. The smallest absolute Gasteiger partial charge is 0.240 e. The second-order valence-corrected chi connectivity index (χ2v) is 4.46. The molecular formula is C12H20N4O2. The van der Waals surface area contributed by atoms with Crippen LogP contribution in [0.1, 0.15) is 18.7 Å². The number of rotatable bonds is 5.